The molecule has 1 aliphatic heterocycles. The van der Waals surface area contributed by atoms with E-state index in [1.165, 1.54) is 0 Å². The SMILES string of the molecule is CC(C)[C@@H]1OC(C)(C)O[C@H]([C@H](C)O[Si](C)(C)C(C)(C)C)[C@@H]1Br. The zero-order chi connectivity index (χ0) is 17.5. The van der Waals surface area contributed by atoms with Crippen LogP contribution in [0.25, 0.3) is 0 Å². The molecule has 4 atom stereocenters. The molecule has 0 amide bonds. The van der Waals surface area contributed by atoms with Gasteiger partial charge in [-0.2, -0.15) is 0 Å². The van der Waals surface area contributed by atoms with Crippen LogP contribution in [0.4, 0.5) is 0 Å². The Hall–Kier alpha value is 0.577. The lowest BCUT2D eigenvalue weighted by atomic mass is 9.96. The molecule has 5 heteroatoms. The monoisotopic (exact) mass is 394 g/mol. The van der Waals surface area contributed by atoms with E-state index in [1.807, 2.05) is 13.8 Å². The smallest absolute Gasteiger partial charge is 0.192 e. The topological polar surface area (TPSA) is 27.7 Å². The summed E-state index contributed by atoms with van der Waals surface area (Å²) in [5.74, 6) is -0.148. The van der Waals surface area contributed by atoms with E-state index in [1.54, 1.807) is 0 Å². The third kappa shape index (κ3) is 4.79. The molecule has 1 fully saturated rings. The highest BCUT2D eigenvalue weighted by molar-refractivity contribution is 9.09. The Morgan fingerprint density at radius 2 is 1.50 bits per heavy atom. The molecule has 3 nitrogen and oxygen atoms in total. The van der Waals surface area contributed by atoms with Gasteiger partial charge in [0.1, 0.15) is 6.10 Å². The first-order valence-corrected chi connectivity index (χ1v) is 12.2. The first-order valence-electron chi connectivity index (χ1n) is 8.35. The molecule has 1 saturated heterocycles. The van der Waals surface area contributed by atoms with E-state index < -0.39 is 14.1 Å². The average Bonchev–Trinajstić information content (AvgIpc) is 2.29. The molecule has 0 saturated carbocycles. The van der Waals surface area contributed by atoms with Gasteiger partial charge in [0, 0.05) is 0 Å². The minimum Gasteiger partial charge on any atom is -0.412 e. The summed E-state index contributed by atoms with van der Waals surface area (Å²) >= 11 is 3.82. The molecule has 0 aliphatic carbocycles. The molecule has 0 radical (unpaired) electrons. The molecule has 0 spiro atoms. The van der Waals surface area contributed by atoms with Gasteiger partial charge >= 0.3 is 0 Å². The van der Waals surface area contributed by atoms with Gasteiger partial charge in [0.05, 0.1) is 17.0 Å². The lowest BCUT2D eigenvalue weighted by Crippen LogP contribution is -2.59. The highest BCUT2D eigenvalue weighted by atomic mass is 79.9. The summed E-state index contributed by atoms with van der Waals surface area (Å²) in [5.41, 5.74) is 0. The number of rotatable bonds is 4. The summed E-state index contributed by atoms with van der Waals surface area (Å²) < 4.78 is 18.9. The fourth-order valence-electron chi connectivity index (χ4n) is 2.57. The van der Waals surface area contributed by atoms with Crippen molar-refractivity contribution in [3.05, 3.63) is 0 Å². The Bertz CT molecular complexity index is 377. The number of alkyl halides is 1. The van der Waals surface area contributed by atoms with Gasteiger partial charge in [0.2, 0.25) is 0 Å². The zero-order valence-electron chi connectivity index (χ0n) is 16.0. The van der Waals surface area contributed by atoms with Crippen molar-refractivity contribution in [3.63, 3.8) is 0 Å². The van der Waals surface area contributed by atoms with E-state index in [9.17, 15) is 0 Å². The predicted octanol–water partition coefficient (Wildman–Crippen LogP) is 5.34. The molecule has 22 heavy (non-hydrogen) atoms. The Morgan fingerprint density at radius 3 is 1.91 bits per heavy atom. The zero-order valence-corrected chi connectivity index (χ0v) is 18.6. The third-order valence-corrected chi connectivity index (χ3v) is 10.5. The van der Waals surface area contributed by atoms with Gasteiger partial charge in [0.15, 0.2) is 14.1 Å². The van der Waals surface area contributed by atoms with E-state index in [0.29, 0.717) is 5.92 Å². The molecule has 0 unspecified atom stereocenters. The third-order valence-electron chi connectivity index (χ3n) is 4.87. The minimum atomic E-state index is -1.82. The average molecular weight is 395 g/mol. The van der Waals surface area contributed by atoms with Crippen LogP contribution >= 0.6 is 15.9 Å². The second-order valence-corrected chi connectivity index (χ2v) is 14.7. The fraction of sp³-hybridized carbons (Fsp3) is 1.00. The van der Waals surface area contributed by atoms with Crippen LogP contribution in [0.2, 0.25) is 18.1 Å². The van der Waals surface area contributed by atoms with Crippen LogP contribution in [0.3, 0.4) is 0 Å². The van der Waals surface area contributed by atoms with Crippen molar-refractivity contribution < 1.29 is 13.9 Å². The van der Waals surface area contributed by atoms with E-state index in [2.05, 4.69) is 70.6 Å². The van der Waals surface area contributed by atoms with Gasteiger partial charge in [-0.15, -0.1) is 0 Å². The molecule has 132 valence electrons. The maximum absolute atomic E-state index is 6.56. The van der Waals surface area contributed by atoms with Crippen LogP contribution in [0.15, 0.2) is 0 Å². The van der Waals surface area contributed by atoms with Crippen molar-refractivity contribution >= 4 is 24.2 Å². The van der Waals surface area contributed by atoms with Crippen LogP contribution < -0.4 is 0 Å². The van der Waals surface area contributed by atoms with Crippen molar-refractivity contribution in [3.8, 4) is 0 Å². The maximum Gasteiger partial charge on any atom is 0.192 e. The molecule has 1 heterocycles. The Morgan fingerprint density at radius 1 is 1.05 bits per heavy atom. The lowest BCUT2D eigenvalue weighted by Gasteiger charge is -2.49. The van der Waals surface area contributed by atoms with Crippen LogP contribution in [0.1, 0.15) is 55.4 Å². The molecule has 0 aromatic heterocycles. The van der Waals surface area contributed by atoms with Crippen LogP contribution in [0.5, 0.6) is 0 Å². The number of hydrogen-bond acceptors (Lipinski definition) is 3. The first-order chi connectivity index (χ1) is 9.68. The summed E-state index contributed by atoms with van der Waals surface area (Å²) in [6.07, 6.45) is 0.152. The van der Waals surface area contributed by atoms with Gasteiger partial charge in [-0.1, -0.05) is 50.5 Å². The molecule has 0 aromatic carbocycles. The van der Waals surface area contributed by atoms with Crippen LogP contribution in [-0.2, 0) is 13.9 Å². The Balaban J connectivity index is 2.93. The second-order valence-electron chi connectivity index (χ2n) is 8.84. The summed E-state index contributed by atoms with van der Waals surface area (Å²) in [7, 11) is -1.82. The molecular formula is C17H35BrO3Si. The van der Waals surface area contributed by atoms with Gasteiger partial charge in [-0.25, -0.2) is 0 Å². The summed E-state index contributed by atoms with van der Waals surface area (Å²) in [4.78, 5) is 0.139. The van der Waals surface area contributed by atoms with Gasteiger partial charge in [-0.05, 0) is 44.8 Å². The van der Waals surface area contributed by atoms with Crippen molar-refractivity contribution in [1.82, 2.24) is 0 Å². The molecule has 1 aliphatic rings. The largest absolute Gasteiger partial charge is 0.412 e. The summed E-state index contributed by atoms with van der Waals surface area (Å²) in [6.45, 7) is 21.9. The standard InChI is InChI=1S/C17H35BrO3Si/c1-11(2)14-13(18)15(20-17(7,8)19-14)12(3)21-22(9,10)16(4,5)6/h11-15H,1-10H3/t12-,13+,14-,15+/m0/s1. The van der Waals surface area contributed by atoms with E-state index >= 15 is 0 Å². The normalized spacial score (nSPS) is 31.4. The Labute approximate surface area is 146 Å². The molecule has 0 bridgehead atoms. The predicted molar refractivity (Wildman–Crippen MR) is 99.1 cm³/mol. The van der Waals surface area contributed by atoms with Gasteiger partial charge in [0.25, 0.3) is 0 Å². The van der Waals surface area contributed by atoms with E-state index in [4.69, 9.17) is 13.9 Å². The van der Waals surface area contributed by atoms with Crippen molar-refractivity contribution in [2.75, 3.05) is 0 Å². The van der Waals surface area contributed by atoms with E-state index in [0.717, 1.165) is 0 Å². The molecule has 1 rings (SSSR count). The van der Waals surface area contributed by atoms with Gasteiger partial charge < -0.3 is 13.9 Å². The van der Waals surface area contributed by atoms with Crippen LogP contribution in [0, 0.1) is 5.92 Å². The van der Waals surface area contributed by atoms with Crippen molar-refractivity contribution in [1.29, 1.82) is 0 Å². The van der Waals surface area contributed by atoms with Crippen LogP contribution in [-0.4, -0.2) is 37.2 Å². The van der Waals surface area contributed by atoms with Crippen molar-refractivity contribution in [2.45, 2.75) is 102 Å². The fourth-order valence-corrected chi connectivity index (χ4v) is 5.24. The molecule has 0 aromatic rings. The van der Waals surface area contributed by atoms with Crippen molar-refractivity contribution in [2.24, 2.45) is 5.92 Å². The molecular weight excluding hydrogens is 360 g/mol. The van der Waals surface area contributed by atoms with E-state index in [-0.39, 0.29) is 28.2 Å². The first kappa shape index (κ1) is 20.6. The lowest BCUT2D eigenvalue weighted by molar-refractivity contribution is -0.312. The second kappa shape index (κ2) is 6.83. The summed E-state index contributed by atoms with van der Waals surface area (Å²) in [6, 6.07) is 0. The maximum atomic E-state index is 6.56. The Kier molecular flexibility index (Phi) is 6.40. The summed E-state index contributed by atoms with van der Waals surface area (Å²) in [5, 5.41) is 0.196. The molecule has 0 N–H and O–H groups in total. The highest BCUT2D eigenvalue weighted by Gasteiger charge is 2.48. The number of ether oxygens (including phenoxy) is 2. The number of hydrogen-bond donors (Lipinski definition) is 0. The quantitative estimate of drug-likeness (QED) is 0.475. The number of halogens is 1. The minimum absolute atomic E-state index is 0.00900. The van der Waals surface area contributed by atoms with Gasteiger partial charge in [-0.3, -0.25) is 0 Å². The highest BCUT2D eigenvalue weighted by Crippen LogP contribution is 2.41.